The van der Waals surface area contributed by atoms with E-state index in [1.807, 2.05) is 12.3 Å². The van der Waals surface area contributed by atoms with Crippen LogP contribution in [0.25, 0.3) is 0 Å². The molecule has 1 aromatic rings. The third-order valence-corrected chi connectivity index (χ3v) is 1.60. The molecular formula is C8H7NO2. The highest BCUT2D eigenvalue weighted by Gasteiger charge is 2.17. The molecule has 1 aliphatic heterocycles. The van der Waals surface area contributed by atoms with Crippen LogP contribution in [0.1, 0.15) is 11.7 Å². The van der Waals surface area contributed by atoms with E-state index < -0.39 is 0 Å². The van der Waals surface area contributed by atoms with Crippen molar-refractivity contribution in [3.8, 4) is 0 Å². The molecule has 3 heteroatoms. The van der Waals surface area contributed by atoms with Gasteiger partial charge in [0.1, 0.15) is 6.10 Å². The lowest BCUT2D eigenvalue weighted by Crippen LogP contribution is -1.97. The Morgan fingerprint density at radius 3 is 3.00 bits per heavy atom. The van der Waals surface area contributed by atoms with Gasteiger partial charge in [-0.25, -0.2) is 4.79 Å². The predicted octanol–water partition coefficient (Wildman–Crippen LogP) is 1.17. The van der Waals surface area contributed by atoms with E-state index in [2.05, 4.69) is 4.98 Å². The Kier molecular flexibility index (Phi) is 1.28. The van der Waals surface area contributed by atoms with E-state index in [1.54, 1.807) is 12.3 Å². The third kappa shape index (κ3) is 1.05. The topological polar surface area (TPSA) is 42.1 Å². The van der Waals surface area contributed by atoms with Crippen molar-refractivity contribution in [2.75, 3.05) is 0 Å². The summed E-state index contributed by atoms with van der Waals surface area (Å²) in [5.74, 6) is -0.267. The van der Waals surface area contributed by atoms with Gasteiger partial charge in [0.2, 0.25) is 0 Å². The Bertz CT molecular complexity index is 287. The molecular weight excluding hydrogens is 142 g/mol. The van der Waals surface area contributed by atoms with Crippen LogP contribution in [0.3, 0.4) is 0 Å². The van der Waals surface area contributed by atoms with Gasteiger partial charge in [-0.3, -0.25) is 0 Å². The molecule has 0 saturated heterocycles. The number of rotatable bonds is 1. The van der Waals surface area contributed by atoms with E-state index in [1.165, 1.54) is 6.08 Å². The molecule has 0 fully saturated rings. The molecule has 0 amide bonds. The SMILES string of the molecule is O=C1C=CC(c2cc[nH]c2)O1. The van der Waals surface area contributed by atoms with E-state index in [4.69, 9.17) is 4.74 Å². The minimum Gasteiger partial charge on any atom is -0.450 e. The van der Waals surface area contributed by atoms with Gasteiger partial charge in [-0.2, -0.15) is 0 Å². The van der Waals surface area contributed by atoms with Crippen LogP contribution >= 0.6 is 0 Å². The smallest absolute Gasteiger partial charge is 0.331 e. The van der Waals surface area contributed by atoms with Gasteiger partial charge in [0, 0.05) is 24.0 Å². The molecule has 0 radical (unpaired) electrons. The summed E-state index contributed by atoms with van der Waals surface area (Å²) in [6, 6.07) is 1.88. The van der Waals surface area contributed by atoms with Crippen molar-refractivity contribution < 1.29 is 9.53 Å². The fourth-order valence-corrected chi connectivity index (χ4v) is 1.06. The van der Waals surface area contributed by atoms with Crippen LogP contribution in [0.2, 0.25) is 0 Å². The largest absolute Gasteiger partial charge is 0.450 e. The molecule has 1 unspecified atom stereocenters. The van der Waals surface area contributed by atoms with Crippen molar-refractivity contribution in [2.45, 2.75) is 6.10 Å². The first-order valence-electron chi connectivity index (χ1n) is 3.38. The number of esters is 1. The van der Waals surface area contributed by atoms with Crippen LogP contribution < -0.4 is 0 Å². The van der Waals surface area contributed by atoms with Crippen molar-refractivity contribution in [1.82, 2.24) is 4.98 Å². The highest BCUT2D eigenvalue weighted by atomic mass is 16.5. The molecule has 1 aromatic heterocycles. The van der Waals surface area contributed by atoms with E-state index >= 15 is 0 Å². The molecule has 2 heterocycles. The highest BCUT2D eigenvalue weighted by Crippen LogP contribution is 2.22. The summed E-state index contributed by atoms with van der Waals surface area (Å²) in [6.07, 6.45) is 6.61. The van der Waals surface area contributed by atoms with Crippen molar-refractivity contribution in [2.24, 2.45) is 0 Å². The molecule has 2 rings (SSSR count). The third-order valence-electron chi connectivity index (χ3n) is 1.60. The maximum Gasteiger partial charge on any atom is 0.331 e. The van der Waals surface area contributed by atoms with E-state index in [-0.39, 0.29) is 12.1 Å². The van der Waals surface area contributed by atoms with E-state index in [0.717, 1.165) is 5.56 Å². The average Bonchev–Trinajstić information content (AvgIpc) is 2.55. The van der Waals surface area contributed by atoms with Crippen molar-refractivity contribution >= 4 is 5.97 Å². The first kappa shape index (κ1) is 6.22. The Balaban J connectivity index is 2.21. The van der Waals surface area contributed by atoms with Crippen LogP contribution in [0.4, 0.5) is 0 Å². The number of H-pyrrole nitrogens is 1. The summed E-state index contributed by atoms with van der Waals surface area (Å²) in [4.78, 5) is 13.5. The minimum atomic E-state index is -0.267. The van der Waals surface area contributed by atoms with E-state index in [9.17, 15) is 4.79 Å². The Hall–Kier alpha value is -1.51. The molecule has 3 nitrogen and oxygen atoms in total. The Labute approximate surface area is 63.7 Å². The maximum absolute atomic E-state index is 10.6. The summed E-state index contributed by atoms with van der Waals surface area (Å²) in [5, 5.41) is 0. The van der Waals surface area contributed by atoms with Crippen LogP contribution in [0, 0.1) is 0 Å². The summed E-state index contributed by atoms with van der Waals surface area (Å²) in [5.41, 5.74) is 0.979. The molecule has 0 aromatic carbocycles. The average molecular weight is 149 g/mol. The van der Waals surface area contributed by atoms with Crippen molar-refractivity contribution in [3.05, 3.63) is 36.2 Å². The second kappa shape index (κ2) is 2.27. The number of hydrogen-bond donors (Lipinski definition) is 1. The fourth-order valence-electron chi connectivity index (χ4n) is 1.06. The van der Waals surface area contributed by atoms with Gasteiger partial charge >= 0.3 is 5.97 Å². The number of cyclic esters (lactones) is 1. The number of carbonyl (C=O) groups excluding carboxylic acids is 1. The summed E-state index contributed by atoms with van der Waals surface area (Å²) in [7, 11) is 0. The van der Waals surface area contributed by atoms with Crippen LogP contribution in [-0.4, -0.2) is 11.0 Å². The van der Waals surface area contributed by atoms with Gasteiger partial charge in [-0.05, 0) is 12.1 Å². The molecule has 0 aliphatic carbocycles. The van der Waals surface area contributed by atoms with Crippen LogP contribution in [0.15, 0.2) is 30.6 Å². The standard InChI is InChI=1S/C8H7NO2/c10-8-2-1-7(11-8)6-3-4-9-5-6/h1-5,7,9H. The van der Waals surface area contributed by atoms with Crippen LogP contribution in [-0.2, 0) is 9.53 Å². The van der Waals surface area contributed by atoms with Gasteiger partial charge < -0.3 is 9.72 Å². The molecule has 0 bridgehead atoms. The van der Waals surface area contributed by atoms with Gasteiger partial charge in [0.25, 0.3) is 0 Å². The van der Waals surface area contributed by atoms with Gasteiger partial charge in [-0.15, -0.1) is 0 Å². The molecule has 1 N–H and O–H groups in total. The number of hydrogen-bond acceptors (Lipinski definition) is 2. The van der Waals surface area contributed by atoms with Crippen molar-refractivity contribution in [3.63, 3.8) is 0 Å². The number of aromatic amines is 1. The van der Waals surface area contributed by atoms with Crippen LogP contribution in [0.5, 0.6) is 0 Å². The zero-order valence-corrected chi connectivity index (χ0v) is 5.78. The number of aromatic nitrogens is 1. The lowest BCUT2D eigenvalue weighted by Gasteiger charge is -2.03. The van der Waals surface area contributed by atoms with Gasteiger partial charge in [0.05, 0.1) is 0 Å². The zero-order valence-electron chi connectivity index (χ0n) is 5.78. The number of ether oxygens (including phenoxy) is 1. The molecule has 56 valence electrons. The summed E-state index contributed by atoms with van der Waals surface area (Å²) >= 11 is 0. The van der Waals surface area contributed by atoms with Gasteiger partial charge in [0.15, 0.2) is 0 Å². The molecule has 11 heavy (non-hydrogen) atoms. The first-order valence-corrected chi connectivity index (χ1v) is 3.38. The second-order valence-corrected chi connectivity index (χ2v) is 2.36. The van der Waals surface area contributed by atoms with Gasteiger partial charge in [-0.1, -0.05) is 0 Å². The number of nitrogens with one attached hydrogen (secondary N) is 1. The van der Waals surface area contributed by atoms with Crippen molar-refractivity contribution in [1.29, 1.82) is 0 Å². The molecule has 0 spiro atoms. The van der Waals surface area contributed by atoms with E-state index in [0.29, 0.717) is 0 Å². The molecule has 1 atom stereocenters. The minimum absolute atomic E-state index is 0.186. The lowest BCUT2D eigenvalue weighted by molar-refractivity contribution is -0.138. The first-order chi connectivity index (χ1) is 5.36. The lowest BCUT2D eigenvalue weighted by atomic mass is 10.2. The monoisotopic (exact) mass is 149 g/mol. The quantitative estimate of drug-likeness (QED) is 0.609. The zero-order chi connectivity index (χ0) is 7.68. The Morgan fingerprint density at radius 2 is 2.45 bits per heavy atom. The maximum atomic E-state index is 10.6. The number of carbonyl (C=O) groups is 1. The highest BCUT2D eigenvalue weighted by molar-refractivity contribution is 5.84. The second-order valence-electron chi connectivity index (χ2n) is 2.36. The fraction of sp³-hybridized carbons (Fsp3) is 0.125. The summed E-state index contributed by atoms with van der Waals surface area (Å²) < 4.78 is 4.94. The molecule has 1 aliphatic rings. The summed E-state index contributed by atoms with van der Waals surface area (Å²) in [6.45, 7) is 0. The normalized spacial score (nSPS) is 22.2. The Morgan fingerprint density at radius 1 is 1.55 bits per heavy atom. The predicted molar refractivity (Wildman–Crippen MR) is 38.8 cm³/mol. The molecule has 0 saturated carbocycles.